The van der Waals surface area contributed by atoms with Crippen LogP contribution in [0.1, 0.15) is 18.4 Å². The van der Waals surface area contributed by atoms with Gasteiger partial charge in [-0.2, -0.15) is 0 Å². The van der Waals surface area contributed by atoms with Crippen LogP contribution in [0.2, 0.25) is 0 Å². The minimum Gasteiger partial charge on any atom is -0.421 e. The van der Waals surface area contributed by atoms with Crippen LogP contribution in [-0.4, -0.2) is 19.0 Å². The fraction of sp³-hybridized carbons (Fsp3) is 0.130. The molecule has 0 aromatic heterocycles. The molecule has 0 aliphatic carbocycles. The number of hydrogen-bond donors (Lipinski definition) is 1. The summed E-state index contributed by atoms with van der Waals surface area (Å²) in [5, 5.41) is 2.85. The van der Waals surface area contributed by atoms with E-state index in [1.54, 1.807) is 0 Å². The number of benzene rings is 3. The van der Waals surface area contributed by atoms with Gasteiger partial charge in [0, 0.05) is 17.9 Å². The lowest BCUT2D eigenvalue weighted by atomic mass is 10.2. The van der Waals surface area contributed by atoms with Gasteiger partial charge >= 0.3 is 0 Å². The third-order valence-corrected chi connectivity index (χ3v) is 8.18. The van der Waals surface area contributed by atoms with E-state index in [1.807, 2.05) is 84.9 Å². The Kier molecular flexibility index (Phi) is 6.30. The monoisotopic (exact) mass is 376 g/mol. The first kappa shape index (κ1) is 18.5. The van der Waals surface area contributed by atoms with Crippen LogP contribution in [0.4, 0.5) is 0 Å². The Bertz CT molecular complexity index is 858. The predicted molar refractivity (Wildman–Crippen MR) is 113 cm³/mol. The van der Waals surface area contributed by atoms with Crippen molar-refractivity contribution in [3.8, 4) is 11.8 Å². The Labute approximate surface area is 161 Å². The summed E-state index contributed by atoms with van der Waals surface area (Å²) < 4.78 is 0. The number of alkyl halides is 1. The van der Waals surface area contributed by atoms with E-state index in [4.69, 9.17) is 11.6 Å². The lowest BCUT2D eigenvalue weighted by molar-refractivity contribution is 0.583. The molecule has 3 aromatic rings. The zero-order chi connectivity index (χ0) is 18.2. The van der Waals surface area contributed by atoms with Gasteiger partial charge in [0.15, 0.2) is 0 Å². The van der Waals surface area contributed by atoms with Crippen LogP contribution >= 0.6 is 11.6 Å². The van der Waals surface area contributed by atoms with Gasteiger partial charge in [0.2, 0.25) is 0 Å². The number of hydrogen-bond acceptors (Lipinski definition) is 1. The van der Waals surface area contributed by atoms with Gasteiger partial charge in [0.1, 0.15) is 0 Å². The van der Waals surface area contributed by atoms with E-state index in [-0.39, 0.29) is 0 Å². The third kappa shape index (κ3) is 3.92. The molecule has 0 amide bonds. The van der Waals surface area contributed by atoms with Crippen molar-refractivity contribution in [3.63, 3.8) is 0 Å². The molecule has 0 heterocycles. The summed E-state index contributed by atoms with van der Waals surface area (Å²) in [5.74, 6) is 7.07. The molecule has 3 heteroatoms. The average molecular weight is 377 g/mol. The lowest BCUT2D eigenvalue weighted by Gasteiger charge is -2.28. The minimum absolute atomic E-state index is 0.614. The zero-order valence-electron chi connectivity index (χ0n) is 14.5. The van der Waals surface area contributed by atoms with Crippen molar-refractivity contribution in [2.75, 3.05) is 5.88 Å². The second-order valence-corrected chi connectivity index (χ2v) is 9.57. The summed E-state index contributed by atoms with van der Waals surface area (Å²) in [6.07, 6.45) is 1.63. The van der Waals surface area contributed by atoms with Crippen molar-refractivity contribution >= 4 is 35.5 Å². The maximum absolute atomic E-state index is 12.1. The quantitative estimate of drug-likeness (QED) is 0.238. The van der Waals surface area contributed by atoms with Crippen molar-refractivity contribution in [3.05, 3.63) is 90.5 Å². The smallest absolute Gasteiger partial charge is 0.286 e. The van der Waals surface area contributed by atoms with E-state index in [9.17, 15) is 4.80 Å². The Balaban J connectivity index is 2.17. The first-order valence-electron chi connectivity index (χ1n) is 8.74. The molecule has 3 aromatic carbocycles. The first-order chi connectivity index (χ1) is 12.8. The molecule has 0 unspecified atom stereocenters. The standard InChI is InChI=1S/C23H21ClOSi/c24-19-11-3-4-12-20-13-9-10-18-23(20)26(25,21-14-5-1-6-15-21)22-16-7-2-8-17-22/h1-2,5-10,13-18,25H,3,11,19H2. The molecule has 0 atom stereocenters. The van der Waals surface area contributed by atoms with Gasteiger partial charge in [-0.05, 0) is 28.0 Å². The van der Waals surface area contributed by atoms with Gasteiger partial charge in [0.05, 0.1) is 0 Å². The molecule has 0 fully saturated rings. The van der Waals surface area contributed by atoms with Crippen molar-refractivity contribution in [2.24, 2.45) is 0 Å². The highest BCUT2D eigenvalue weighted by Crippen LogP contribution is 2.08. The summed E-state index contributed by atoms with van der Waals surface area (Å²) in [4.78, 5) is 12.1. The van der Waals surface area contributed by atoms with Crippen LogP contribution < -0.4 is 15.6 Å². The summed E-state index contributed by atoms with van der Waals surface area (Å²) in [6, 6.07) is 27.9. The summed E-state index contributed by atoms with van der Waals surface area (Å²) in [6.45, 7) is 0. The normalized spacial score (nSPS) is 10.8. The topological polar surface area (TPSA) is 20.2 Å². The second kappa shape index (κ2) is 8.87. The molecule has 1 nitrogen and oxygen atoms in total. The molecule has 3 rings (SSSR count). The summed E-state index contributed by atoms with van der Waals surface area (Å²) in [5.41, 5.74) is 0.893. The van der Waals surface area contributed by atoms with E-state index in [2.05, 4.69) is 11.8 Å². The van der Waals surface area contributed by atoms with E-state index in [0.29, 0.717) is 5.88 Å². The highest BCUT2D eigenvalue weighted by molar-refractivity contribution is 7.06. The molecule has 26 heavy (non-hydrogen) atoms. The van der Waals surface area contributed by atoms with Gasteiger partial charge in [0.25, 0.3) is 8.32 Å². The summed E-state index contributed by atoms with van der Waals surface area (Å²) in [7, 11) is -3.12. The van der Waals surface area contributed by atoms with Crippen molar-refractivity contribution in [1.82, 2.24) is 0 Å². The number of unbranched alkanes of at least 4 members (excludes halogenated alkanes) is 1. The highest BCUT2D eigenvalue weighted by atomic mass is 35.5. The Morgan fingerprint density at radius 1 is 0.769 bits per heavy atom. The fourth-order valence-corrected chi connectivity index (χ4v) is 6.37. The lowest BCUT2D eigenvalue weighted by Crippen LogP contribution is -2.68. The Morgan fingerprint density at radius 3 is 1.88 bits per heavy atom. The molecule has 0 saturated carbocycles. The maximum Gasteiger partial charge on any atom is 0.286 e. The van der Waals surface area contributed by atoms with Gasteiger partial charge in [-0.1, -0.05) is 90.7 Å². The fourth-order valence-electron chi connectivity index (χ4n) is 3.06. The van der Waals surface area contributed by atoms with Crippen LogP contribution in [0.25, 0.3) is 0 Å². The zero-order valence-corrected chi connectivity index (χ0v) is 16.3. The number of rotatable bonds is 5. The van der Waals surface area contributed by atoms with E-state index in [0.717, 1.165) is 34.0 Å². The molecule has 0 spiro atoms. The van der Waals surface area contributed by atoms with E-state index in [1.165, 1.54) is 0 Å². The molecule has 0 radical (unpaired) electrons. The maximum atomic E-state index is 12.1. The number of halogens is 1. The Hall–Kier alpha value is -2.31. The molecule has 1 N–H and O–H groups in total. The van der Waals surface area contributed by atoms with Crippen LogP contribution in [0.3, 0.4) is 0 Å². The molecule has 130 valence electrons. The second-order valence-electron chi connectivity index (χ2n) is 6.08. The molecular formula is C23H21ClOSi. The van der Waals surface area contributed by atoms with E-state index >= 15 is 0 Å². The van der Waals surface area contributed by atoms with Crippen molar-refractivity contribution in [2.45, 2.75) is 12.8 Å². The van der Waals surface area contributed by atoms with Gasteiger partial charge in [-0.25, -0.2) is 0 Å². The van der Waals surface area contributed by atoms with Gasteiger partial charge < -0.3 is 4.80 Å². The molecule has 0 bridgehead atoms. The van der Waals surface area contributed by atoms with Crippen molar-refractivity contribution in [1.29, 1.82) is 0 Å². The van der Waals surface area contributed by atoms with Crippen LogP contribution in [0.5, 0.6) is 0 Å². The SMILES string of the molecule is O[Si](c1ccccc1)(c1ccccc1)c1ccccc1C#CCCCCl. The molecule has 0 aliphatic rings. The van der Waals surface area contributed by atoms with Crippen LogP contribution in [-0.2, 0) is 0 Å². The van der Waals surface area contributed by atoms with Crippen molar-refractivity contribution < 1.29 is 4.80 Å². The predicted octanol–water partition coefficient (Wildman–Crippen LogP) is 3.02. The summed E-state index contributed by atoms with van der Waals surface area (Å²) >= 11 is 5.75. The van der Waals surface area contributed by atoms with Gasteiger partial charge in [-0.3, -0.25) is 0 Å². The highest BCUT2D eigenvalue weighted by Gasteiger charge is 2.39. The largest absolute Gasteiger partial charge is 0.421 e. The first-order valence-corrected chi connectivity index (χ1v) is 11.2. The molecule has 0 saturated heterocycles. The molecule has 0 aliphatic heterocycles. The molecular weight excluding hydrogens is 356 g/mol. The average Bonchev–Trinajstić information content (AvgIpc) is 2.72. The third-order valence-electron chi connectivity index (χ3n) is 4.36. The minimum atomic E-state index is -3.12. The van der Waals surface area contributed by atoms with Crippen LogP contribution in [0, 0.1) is 11.8 Å². The van der Waals surface area contributed by atoms with Gasteiger partial charge in [-0.15, -0.1) is 11.6 Å². The Morgan fingerprint density at radius 2 is 1.31 bits per heavy atom. The van der Waals surface area contributed by atoms with E-state index < -0.39 is 8.32 Å². The van der Waals surface area contributed by atoms with Crippen LogP contribution in [0.15, 0.2) is 84.9 Å².